The smallest absolute Gasteiger partial charge is 0.160 e. The number of pyridine rings is 4. The summed E-state index contributed by atoms with van der Waals surface area (Å²) < 4.78 is 14.4. The molecule has 28 heavy (non-hydrogen) atoms. The standard InChI is InChI=1S/C22H14FN5/c23-19-6-2-1-4-15(19)20-10-16(14-5-3-8-26-22(14)28-20)17-12-27-21(24)18-11-25-9-7-13(17)18/h1-12H,(H2,24,27). The van der Waals surface area contributed by atoms with E-state index in [1.807, 2.05) is 24.3 Å². The summed E-state index contributed by atoms with van der Waals surface area (Å²) in [6.07, 6.45) is 6.81. The summed E-state index contributed by atoms with van der Waals surface area (Å²) in [7, 11) is 0. The Bertz CT molecular complexity index is 1350. The Labute approximate surface area is 159 Å². The molecule has 0 saturated carbocycles. The minimum atomic E-state index is -0.333. The molecule has 0 radical (unpaired) electrons. The Morgan fingerprint density at radius 2 is 1.64 bits per heavy atom. The second kappa shape index (κ2) is 6.35. The molecule has 0 atom stereocenters. The lowest BCUT2D eigenvalue weighted by atomic mass is 9.97. The number of anilines is 1. The van der Waals surface area contributed by atoms with Gasteiger partial charge in [0.1, 0.15) is 11.6 Å². The maximum absolute atomic E-state index is 14.4. The summed E-state index contributed by atoms with van der Waals surface area (Å²) in [4.78, 5) is 17.5. The molecule has 5 rings (SSSR count). The van der Waals surface area contributed by atoms with E-state index in [-0.39, 0.29) is 5.82 Å². The molecular formula is C22H14FN5. The quantitative estimate of drug-likeness (QED) is 0.492. The minimum absolute atomic E-state index is 0.333. The van der Waals surface area contributed by atoms with Gasteiger partial charge in [-0.2, -0.15) is 0 Å². The number of benzene rings is 1. The number of aromatic nitrogens is 4. The van der Waals surface area contributed by atoms with Crippen LogP contribution in [-0.4, -0.2) is 19.9 Å². The van der Waals surface area contributed by atoms with E-state index in [9.17, 15) is 4.39 Å². The maximum atomic E-state index is 14.4. The first-order valence-electron chi connectivity index (χ1n) is 8.71. The molecule has 5 aromatic rings. The lowest BCUT2D eigenvalue weighted by Gasteiger charge is -2.12. The molecule has 5 nitrogen and oxygen atoms in total. The number of hydrogen-bond acceptors (Lipinski definition) is 5. The fraction of sp³-hybridized carbons (Fsp3) is 0. The predicted octanol–water partition coefficient (Wildman–Crippen LogP) is 4.63. The van der Waals surface area contributed by atoms with Crippen LogP contribution in [0.2, 0.25) is 0 Å². The largest absolute Gasteiger partial charge is 0.383 e. The number of nitrogen functional groups attached to an aromatic ring is 1. The Balaban J connectivity index is 1.88. The van der Waals surface area contributed by atoms with E-state index in [1.165, 1.54) is 6.07 Å². The van der Waals surface area contributed by atoms with Gasteiger partial charge in [-0.1, -0.05) is 12.1 Å². The van der Waals surface area contributed by atoms with Gasteiger partial charge >= 0.3 is 0 Å². The summed E-state index contributed by atoms with van der Waals surface area (Å²) in [5, 5.41) is 2.53. The molecule has 0 saturated heterocycles. The van der Waals surface area contributed by atoms with E-state index in [4.69, 9.17) is 5.73 Å². The van der Waals surface area contributed by atoms with Crippen LogP contribution in [0.3, 0.4) is 0 Å². The Morgan fingerprint density at radius 1 is 0.750 bits per heavy atom. The molecular weight excluding hydrogens is 353 g/mol. The third kappa shape index (κ3) is 2.54. The normalized spacial score (nSPS) is 11.2. The number of nitrogens with two attached hydrogens (primary N) is 1. The maximum Gasteiger partial charge on any atom is 0.160 e. The molecule has 0 aliphatic rings. The molecule has 0 bridgehead atoms. The van der Waals surface area contributed by atoms with Crippen molar-refractivity contribution < 1.29 is 4.39 Å². The highest BCUT2D eigenvalue weighted by Crippen LogP contribution is 2.36. The Morgan fingerprint density at radius 3 is 2.54 bits per heavy atom. The van der Waals surface area contributed by atoms with Crippen LogP contribution in [0.1, 0.15) is 0 Å². The molecule has 0 unspecified atom stereocenters. The second-order valence-electron chi connectivity index (χ2n) is 6.39. The van der Waals surface area contributed by atoms with E-state index in [2.05, 4.69) is 19.9 Å². The zero-order valence-electron chi connectivity index (χ0n) is 14.7. The predicted molar refractivity (Wildman–Crippen MR) is 108 cm³/mol. The number of fused-ring (bicyclic) bond motifs is 2. The van der Waals surface area contributed by atoms with Gasteiger partial charge in [0, 0.05) is 46.7 Å². The molecule has 1 aromatic carbocycles. The van der Waals surface area contributed by atoms with E-state index in [1.54, 1.807) is 43.0 Å². The van der Waals surface area contributed by atoms with Crippen LogP contribution in [-0.2, 0) is 0 Å². The second-order valence-corrected chi connectivity index (χ2v) is 6.39. The van der Waals surface area contributed by atoms with Crippen LogP contribution >= 0.6 is 0 Å². The highest BCUT2D eigenvalue weighted by Gasteiger charge is 2.15. The van der Waals surface area contributed by atoms with Gasteiger partial charge in [0.15, 0.2) is 5.65 Å². The van der Waals surface area contributed by atoms with Gasteiger partial charge in [0.25, 0.3) is 0 Å². The van der Waals surface area contributed by atoms with E-state index < -0.39 is 0 Å². The zero-order valence-corrected chi connectivity index (χ0v) is 14.7. The van der Waals surface area contributed by atoms with Gasteiger partial charge in [-0.3, -0.25) is 4.98 Å². The molecule has 0 spiro atoms. The molecule has 134 valence electrons. The van der Waals surface area contributed by atoms with Crippen molar-refractivity contribution in [2.45, 2.75) is 0 Å². The number of rotatable bonds is 2. The molecule has 0 fully saturated rings. The first kappa shape index (κ1) is 16.3. The first-order chi connectivity index (χ1) is 13.7. The lowest BCUT2D eigenvalue weighted by molar-refractivity contribution is 0.631. The Kier molecular flexibility index (Phi) is 3.69. The number of hydrogen-bond donors (Lipinski definition) is 1. The van der Waals surface area contributed by atoms with Crippen molar-refractivity contribution in [1.82, 2.24) is 19.9 Å². The molecule has 0 aliphatic carbocycles. The highest BCUT2D eigenvalue weighted by molar-refractivity contribution is 6.06. The molecule has 0 amide bonds. The van der Waals surface area contributed by atoms with E-state index in [0.717, 1.165) is 27.3 Å². The van der Waals surface area contributed by atoms with Gasteiger partial charge < -0.3 is 5.73 Å². The lowest BCUT2D eigenvalue weighted by Crippen LogP contribution is -1.97. The fourth-order valence-electron chi connectivity index (χ4n) is 3.41. The van der Waals surface area contributed by atoms with Crippen molar-refractivity contribution in [3.8, 4) is 22.4 Å². The molecule has 2 N–H and O–H groups in total. The van der Waals surface area contributed by atoms with Crippen molar-refractivity contribution in [1.29, 1.82) is 0 Å². The van der Waals surface area contributed by atoms with Crippen LogP contribution in [0.15, 0.2) is 73.3 Å². The third-order valence-corrected chi connectivity index (χ3v) is 4.74. The average molecular weight is 367 g/mol. The van der Waals surface area contributed by atoms with Crippen LogP contribution in [0.25, 0.3) is 44.2 Å². The van der Waals surface area contributed by atoms with E-state index >= 15 is 0 Å². The van der Waals surface area contributed by atoms with Crippen LogP contribution in [0.5, 0.6) is 0 Å². The molecule has 4 heterocycles. The minimum Gasteiger partial charge on any atom is -0.383 e. The van der Waals surface area contributed by atoms with Gasteiger partial charge in [0.2, 0.25) is 0 Å². The summed E-state index contributed by atoms with van der Waals surface area (Å²) in [6, 6.07) is 14.1. The van der Waals surface area contributed by atoms with Gasteiger partial charge in [0.05, 0.1) is 5.69 Å². The number of nitrogens with zero attached hydrogens (tertiary/aromatic N) is 4. The van der Waals surface area contributed by atoms with Crippen LogP contribution < -0.4 is 5.73 Å². The zero-order chi connectivity index (χ0) is 19.1. The summed E-state index contributed by atoms with van der Waals surface area (Å²) in [5.74, 6) is 0.0818. The van der Waals surface area contributed by atoms with Gasteiger partial charge in [-0.15, -0.1) is 0 Å². The van der Waals surface area contributed by atoms with Crippen LogP contribution in [0, 0.1) is 5.82 Å². The van der Waals surface area contributed by atoms with Crippen molar-refractivity contribution >= 4 is 27.6 Å². The average Bonchev–Trinajstić information content (AvgIpc) is 2.74. The third-order valence-electron chi connectivity index (χ3n) is 4.74. The van der Waals surface area contributed by atoms with Crippen molar-refractivity contribution in [3.63, 3.8) is 0 Å². The molecule has 6 heteroatoms. The van der Waals surface area contributed by atoms with Crippen molar-refractivity contribution in [2.75, 3.05) is 5.73 Å². The monoisotopic (exact) mass is 367 g/mol. The number of halogens is 1. The van der Waals surface area contributed by atoms with Gasteiger partial charge in [-0.25, -0.2) is 19.3 Å². The summed E-state index contributed by atoms with van der Waals surface area (Å²) in [5.41, 5.74) is 9.23. The molecule has 4 aromatic heterocycles. The summed E-state index contributed by atoms with van der Waals surface area (Å²) >= 11 is 0. The topological polar surface area (TPSA) is 77.6 Å². The fourth-order valence-corrected chi connectivity index (χ4v) is 3.41. The van der Waals surface area contributed by atoms with Crippen molar-refractivity contribution in [2.24, 2.45) is 0 Å². The summed E-state index contributed by atoms with van der Waals surface area (Å²) in [6.45, 7) is 0. The SMILES string of the molecule is Nc1ncc(-c2cc(-c3ccccc3F)nc3ncccc23)c2ccncc12. The Hall–Kier alpha value is -3.93. The molecule has 0 aliphatic heterocycles. The highest BCUT2D eigenvalue weighted by atomic mass is 19.1. The van der Waals surface area contributed by atoms with Crippen LogP contribution in [0.4, 0.5) is 10.2 Å². The first-order valence-corrected chi connectivity index (χ1v) is 8.71. The van der Waals surface area contributed by atoms with Crippen molar-refractivity contribution in [3.05, 3.63) is 79.1 Å². The van der Waals surface area contributed by atoms with E-state index in [0.29, 0.717) is 22.7 Å². The van der Waals surface area contributed by atoms with Gasteiger partial charge in [-0.05, 0) is 47.3 Å².